The predicted octanol–water partition coefficient (Wildman–Crippen LogP) is 4.41. The first-order chi connectivity index (χ1) is 15.4. The Morgan fingerprint density at radius 3 is 2.41 bits per heavy atom. The van der Waals surface area contributed by atoms with Gasteiger partial charge < -0.3 is 15.2 Å². The van der Waals surface area contributed by atoms with Gasteiger partial charge in [-0.15, -0.1) is 0 Å². The van der Waals surface area contributed by atoms with Gasteiger partial charge in [-0.25, -0.2) is 5.43 Å². The molecule has 0 spiro atoms. The second kappa shape index (κ2) is 10.8. The molecule has 0 bridgehead atoms. The molecule has 0 aliphatic rings. The zero-order chi connectivity index (χ0) is 22.9. The minimum absolute atomic E-state index is 0.00629. The van der Waals surface area contributed by atoms with Gasteiger partial charge in [0.05, 0.1) is 12.0 Å². The summed E-state index contributed by atoms with van der Waals surface area (Å²) in [6.45, 7) is 3.80. The largest absolute Gasteiger partial charge is 0.507 e. The highest BCUT2D eigenvalue weighted by Gasteiger charge is 2.12. The molecule has 0 heterocycles. The van der Waals surface area contributed by atoms with Gasteiger partial charge in [0.2, 0.25) is 5.91 Å². The molecule has 2 amide bonds. The van der Waals surface area contributed by atoms with Gasteiger partial charge in [0.15, 0.2) is 0 Å². The molecule has 3 N–H and O–H groups in total. The molecule has 0 aliphatic heterocycles. The lowest BCUT2D eigenvalue weighted by atomic mass is 10.1. The normalized spacial score (nSPS) is 11.0. The zero-order valence-electron chi connectivity index (χ0n) is 18.0. The Hall–Kier alpha value is -4.13. The van der Waals surface area contributed by atoms with Crippen molar-refractivity contribution in [2.45, 2.75) is 26.9 Å². The van der Waals surface area contributed by atoms with E-state index in [1.807, 2.05) is 30.3 Å². The maximum Gasteiger partial charge on any atom is 0.275 e. The number of anilines is 1. The highest BCUT2D eigenvalue weighted by Crippen LogP contribution is 2.21. The van der Waals surface area contributed by atoms with Crippen LogP contribution in [0.25, 0.3) is 0 Å². The van der Waals surface area contributed by atoms with Crippen LogP contribution in [0.1, 0.15) is 34.8 Å². The topological polar surface area (TPSA) is 100 Å². The van der Waals surface area contributed by atoms with Crippen molar-refractivity contribution in [3.05, 3.63) is 89.5 Å². The van der Waals surface area contributed by atoms with Gasteiger partial charge in [-0.1, -0.05) is 42.5 Å². The number of carbonyl (C=O) groups is 2. The molecule has 7 heteroatoms. The maximum absolute atomic E-state index is 12.3. The molecular weight excluding hydrogens is 406 g/mol. The van der Waals surface area contributed by atoms with Crippen LogP contribution in [-0.4, -0.2) is 22.6 Å². The zero-order valence-corrected chi connectivity index (χ0v) is 18.0. The number of phenols is 1. The van der Waals surface area contributed by atoms with Crippen LogP contribution >= 0.6 is 0 Å². The highest BCUT2D eigenvalue weighted by atomic mass is 16.5. The molecule has 164 valence electrons. The first kappa shape index (κ1) is 22.6. The Balaban J connectivity index is 1.48. The van der Waals surface area contributed by atoms with Crippen molar-refractivity contribution in [1.82, 2.24) is 5.43 Å². The minimum Gasteiger partial charge on any atom is -0.507 e. The molecule has 3 aromatic rings. The number of nitrogens with zero attached hydrogens (tertiary/aromatic N) is 1. The van der Waals surface area contributed by atoms with Crippen LogP contribution in [0.2, 0.25) is 0 Å². The maximum atomic E-state index is 12.3. The fraction of sp³-hybridized carbons (Fsp3) is 0.160. The molecule has 0 saturated heterocycles. The Morgan fingerprint density at radius 2 is 1.69 bits per heavy atom. The number of hydrogen-bond acceptors (Lipinski definition) is 5. The van der Waals surface area contributed by atoms with E-state index < -0.39 is 5.91 Å². The number of hydrogen-bond donors (Lipinski definition) is 3. The van der Waals surface area contributed by atoms with Gasteiger partial charge in [0.1, 0.15) is 18.1 Å². The van der Waals surface area contributed by atoms with Crippen molar-refractivity contribution in [2.24, 2.45) is 5.10 Å². The average Bonchev–Trinajstić information content (AvgIpc) is 2.79. The van der Waals surface area contributed by atoms with E-state index in [1.165, 1.54) is 6.07 Å². The minimum atomic E-state index is -0.544. The third-order valence-corrected chi connectivity index (χ3v) is 4.63. The van der Waals surface area contributed by atoms with Gasteiger partial charge >= 0.3 is 0 Å². The van der Waals surface area contributed by atoms with E-state index in [0.29, 0.717) is 29.3 Å². The molecule has 3 aromatic carbocycles. The van der Waals surface area contributed by atoms with E-state index in [1.54, 1.807) is 50.2 Å². The summed E-state index contributed by atoms with van der Waals surface area (Å²) in [4.78, 5) is 24.4. The summed E-state index contributed by atoms with van der Waals surface area (Å²) in [5, 5.41) is 16.7. The van der Waals surface area contributed by atoms with E-state index >= 15 is 0 Å². The third kappa shape index (κ3) is 6.43. The summed E-state index contributed by atoms with van der Waals surface area (Å²) < 4.78 is 5.73. The number of aryl methyl sites for hydroxylation is 1. The number of aromatic hydroxyl groups is 1. The summed E-state index contributed by atoms with van der Waals surface area (Å²) >= 11 is 0. The number of para-hydroxylation sites is 1. The lowest BCUT2D eigenvalue weighted by Crippen LogP contribution is -2.21. The number of rotatable bonds is 8. The molecule has 0 fully saturated rings. The summed E-state index contributed by atoms with van der Waals surface area (Å²) in [5.41, 5.74) is 5.20. The predicted molar refractivity (Wildman–Crippen MR) is 124 cm³/mol. The molecule has 0 aromatic heterocycles. The number of benzene rings is 3. The first-order valence-electron chi connectivity index (χ1n) is 10.1. The van der Waals surface area contributed by atoms with Gasteiger partial charge in [0, 0.05) is 11.4 Å². The van der Waals surface area contributed by atoms with E-state index in [4.69, 9.17) is 4.74 Å². The summed E-state index contributed by atoms with van der Waals surface area (Å²) in [7, 11) is 0. The number of carbonyl (C=O) groups excluding carboxylic acids is 2. The quantitative estimate of drug-likeness (QED) is 0.363. The molecule has 0 atom stereocenters. The number of amides is 2. The Bertz CT molecular complexity index is 1110. The van der Waals surface area contributed by atoms with E-state index in [-0.39, 0.29) is 23.6 Å². The summed E-state index contributed by atoms with van der Waals surface area (Å²) in [6, 6.07) is 21.8. The third-order valence-electron chi connectivity index (χ3n) is 4.63. The van der Waals surface area contributed by atoms with E-state index in [2.05, 4.69) is 15.8 Å². The lowest BCUT2D eigenvalue weighted by Gasteiger charge is -2.09. The average molecular weight is 431 g/mol. The van der Waals surface area contributed by atoms with Gasteiger partial charge in [-0.3, -0.25) is 9.59 Å². The number of phenolic OH excluding ortho intramolecular Hbond substituents is 1. The van der Waals surface area contributed by atoms with Crippen molar-refractivity contribution < 1.29 is 19.4 Å². The van der Waals surface area contributed by atoms with Crippen molar-refractivity contribution in [2.75, 3.05) is 5.32 Å². The Labute approximate surface area is 186 Å². The molecule has 3 rings (SSSR count). The molecule has 0 unspecified atom stereocenters. The monoisotopic (exact) mass is 431 g/mol. The standard InChI is InChI=1S/C25H25N3O4/c1-17-7-6-10-22(24(17)30)25(31)28-27-18(2)15-23(29)26-20-11-13-21(14-12-20)32-16-19-8-4-3-5-9-19/h3-14,30H,15-16H2,1-2H3,(H,26,29)(H,28,31)/b27-18+. The molecule has 7 nitrogen and oxygen atoms in total. The SMILES string of the molecule is C/C(CC(=O)Nc1ccc(OCc2ccccc2)cc1)=N\NC(=O)c1cccc(C)c1O. The van der Waals surface area contributed by atoms with Gasteiger partial charge in [-0.05, 0) is 55.3 Å². The fourth-order valence-electron chi connectivity index (χ4n) is 2.90. The van der Waals surface area contributed by atoms with E-state index in [0.717, 1.165) is 5.56 Å². The van der Waals surface area contributed by atoms with Crippen LogP contribution in [-0.2, 0) is 11.4 Å². The molecule has 0 radical (unpaired) electrons. The molecular formula is C25H25N3O4. The van der Waals surface area contributed by atoms with Crippen LogP contribution < -0.4 is 15.5 Å². The fourth-order valence-corrected chi connectivity index (χ4v) is 2.90. The van der Waals surface area contributed by atoms with Crippen LogP contribution in [0.3, 0.4) is 0 Å². The number of nitrogens with one attached hydrogen (secondary N) is 2. The van der Waals surface area contributed by atoms with Crippen LogP contribution in [0.15, 0.2) is 77.9 Å². The molecule has 0 saturated carbocycles. The lowest BCUT2D eigenvalue weighted by molar-refractivity contribution is -0.115. The van der Waals surface area contributed by atoms with Gasteiger partial charge in [-0.2, -0.15) is 5.10 Å². The Kier molecular flexibility index (Phi) is 7.59. The van der Waals surface area contributed by atoms with Crippen molar-refractivity contribution in [1.29, 1.82) is 0 Å². The molecule has 32 heavy (non-hydrogen) atoms. The summed E-state index contributed by atoms with van der Waals surface area (Å²) in [6.07, 6.45) is 0.00629. The number of ether oxygens (including phenoxy) is 1. The smallest absolute Gasteiger partial charge is 0.275 e. The van der Waals surface area contributed by atoms with Crippen LogP contribution in [0, 0.1) is 6.92 Å². The van der Waals surface area contributed by atoms with E-state index in [9.17, 15) is 14.7 Å². The number of hydrazone groups is 1. The first-order valence-corrected chi connectivity index (χ1v) is 10.1. The Morgan fingerprint density at radius 1 is 0.969 bits per heavy atom. The molecule has 0 aliphatic carbocycles. The van der Waals surface area contributed by atoms with Crippen molar-refractivity contribution in [3.8, 4) is 11.5 Å². The second-order valence-corrected chi connectivity index (χ2v) is 7.28. The van der Waals surface area contributed by atoms with Gasteiger partial charge in [0.25, 0.3) is 5.91 Å². The van der Waals surface area contributed by atoms with Crippen molar-refractivity contribution >= 4 is 23.2 Å². The second-order valence-electron chi connectivity index (χ2n) is 7.28. The highest BCUT2D eigenvalue weighted by molar-refractivity contribution is 6.06. The van der Waals surface area contributed by atoms with Crippen LogP contribution in [0.4, 0.5) is 5.69 Å². The van der Waals surface area contributed by atoms with Crippen molar-refractivity contribution in [3.63, 3.8) is 0 Å². The van der Waals surface area contributed by atoms with Crippen LogP contribution in [0.5, 0.6) is 11.5 Å². The summed E-state index contributed by atoms with van der Waals surface area (Å²) in [5.74, 6) is -0.201.